The van der Waals surface area contributed by atoms with Gasteiger partial charge < -0.3 is 14.9 Å². The van der Waals surface area contributed by atoms with E-state index >= 15 is 0 Å². The van der Waals surface area contributed by atoms with Crippen molar-refractivity contribution < 1.29 is 14.9 Å². The summed E-state index contributed by atoms with van der Waals surface area (Å²) in [5, 5.41) is 18.1. The van der Waals surface area contributed by atoms with Gasteiger partial charge in [-0.15, -0.1) is 0 Å². The first-order chi connectivity index (χ1) is 9.17. The van der Waals surface area contributed by atoms with Crippen LogP contribution in [0.4, 0.5) is 0 Å². The van der Waals surface area contributed by atoms with E-state index in [4.69, 9.17) is 9.84 Å². The summed E-state index contributed by atoms with van der Waals surface area (Å²) >= 11 is 0. The molecule has 0 saturated heterocycles. The van der Waals surface area contributed by atoms with Gasteiger partial charge in [-0.25, -0.2) is 0 Å². The van der Waals surface area contributed by atoms with Crippen LogP contribution < -0.4 is 4.74 Å². The lowest BCUT2D eigenvalue weighted by molar-refractivity contribution is 0.173. The molecule has 2 aromatic carbocycles. The quantitative estimate of drug-likeness (QED) is 0.887. The van der Waals surface area contributed by atoms with E-state index in [0.29, 0.717) is 0 Å². The monoisotopic (exact) mass is 260 g/mol. The van der Waals surface area contributed by atoms with E-state index in [2.05, 4.69) is 0 Å². The molecule has 3 nitrogen and oxygen atoms in total. The summed E-state index contributed by atoms with van der Waals surface area (Å²) in [5.41, 5.74) is 1.00. The van der Waals surface area contributed by atoms with Gasteiger partial charge in [-0.1, -0.05) is 37.3 Å². The van der Waals surface area contributed by atoms with Gasteiger partial charge in [0, 0.05) is 0 Å². The minimum absolute atomic E-state index is 0.260. The van der Waals surface area contributed by atoms with Crippen LogP contribution in [0, 0.1) is 0 Å². The molecule has 3 heteroatoms. The molecule has 0 fully saturated rings. The third kappa shape index (κ3) is 5.44. The Kier molecular flexibility index (Phi) is 6.47. The molecule has 0 amide bonds. The highest BCUT2D eigenvalue weighted by Gasteiger charge is 2.00. The number of rotatable bonds is 3. The Balaban J connectivity index is 0.000000191. The zero-order chi connectivity index (χ0) is 14.1. The van der Waals surface area contributed by atoms with Crippen molar-refractivity contribution in [2.45, 2.75) is 19.4 Å². The number of ether oxygens (including phenoxy) is 1. The van der Waals surface area contributed by atoms with Gasteiger partial charge >= 0.3 is 0 Å². The number of aliphatic hydroxyl groups excluding tert-OH is 1. The van der Waals surface area contributed by atoms with Crippen LogP contribution in [0.15, 0.2) is 54.6 Å². The molecule has 2 N–H and O–H groups in total. The number of hydrogen-bond donors (Lipinski definition) is 2. The molecule has 0 aromatic heterocycles. The molecule has 102 valence electrons. The van der Waals surface area contributed by atoms with Gasteiger partial charge in [0.25, 0.3) is 0 Å². The molecule has 2 rings (SSSR count). The van der Waals surface area contributed by atoms with Crippen molar-refractivity contribution in [2.24, 2.45) is 0 Å². The molecule has 0 bridgehead atoms. The predicted octanol–water partition coefficient (Wildman–Crippen LogP) is 3.53. The van der Waals surface area contributed by atoms with Crippen LogP contribution in [0.25, 0.3) is 0 Å². The van der Waals surface area contributed by atoms with Crippen molar-refractivity contribution in [2.75, 3.05) is 7.11 Å². The van der Waals surface area contributed by atoms with Crippen LogP contribution in [0.2, 0.25) is 0 Å². The van der Waals surface area contributed by atoms with Crippen LogP contribution in [-0.2, 0) is 0 Å². The molecule has 0 aliphatic heterocycles. The third-order valence-corrected chi connectivity index (χ3v) is 2.64. The maximum atomic E-state index is 9.33. The van der Waals surface area contributed by atoms with E-state index in [1.807, 2.05) is 37.3 Å². The van der Waals surface area contributed by atoms with E-state index in [1.165, 1.54) is 0 Å². The summed E-state index contributed by atoms with van der Waals surface area (Å²) in [6, 6.07) is 16.3. The summed E-state index contributed by atoms with van der Waals surface area (Å²) in [6.07, 6.45) is 0.491. The number of aromatic hydroxyl groups is 1. The normalized spacial score (nSPS) is 11.1. The maximum Gasteiger partial charge on any atom is 0.119 e. The topological polar surface area (TPSA) is 49.7 Å². The first-order valence-corrected chi connectivity index (χ1v) is 6.23. The fraction of sp³-hybridized carbons (Fsp3) is 0.250. The number of methoxy groups -OCH3 is 1. The van der Waals surface area contributed by atoms with E-state index in [-0.39, 0.29) is 11.9 Å². The highest BCUT2D eigenvalue weighted by molar-refractivity contribution is 5.29. The molecule has 0 heterocycles. The van der Waals surface area contributed by atoms with Crippen LogP contribution in [-0.4, -0.2) is 17.3 Å². The summed E-state index contributed by atoms with van der Waals surface area (Å²) < 4.78 is 4.86. The second kappa shape index (κ2) is 8.16. The lowest BCUT2D eigenvalue weighted by Gasteiger charge is -2.05. The maximum absolute atomic E-state index is 9.33. The molecule has 19 heavy (non-hydrogen) atoms. The van der Waals surface area contributed by atoms with Crippen LogP contribution in [0.3, 0.4) is 0 Å². The molecule has 0 saturated carbocycles. The number of phenolic OH excluding ortho intramolecular Hbond substituents is 1. The predicted molar refractivity (Wildman–Crippen MR) is 76.4 cm³/mol. The summed E-state index contributed by atoms with van der Waals surface area (Å²) in [7, 11) is 1.59. The van der Waals surface area contributed by atoms with Crippen LogP contribution in [0.5, 0.6) is 11.5 Å². The highest BCUT2D eigenvalue weighted by atomic mass is 16.5. The Morgan fingerprint density at radius 3 is 2.05 bits per heavy atom. The van der Waals surface area contributed by atoms with Crippen molar-refractivity contribution in [3.05, 3.63) is 60.2 Å². The lowest BCUT2D eigenvalue weighted by Crippen LogP contribution is -1.93. The van der Waals surface area contributed by atoms with E-state index < -0.39 is 0 Å². The smallest absolute Gasteiger partial charge is 0.119 e. The minimum Gasteiger partial charge on any atom is -0.508 e. The van der Waals surface area contributed by atoms with Crippen molar-refractivity contribution in [3.8, 4) is 11.5 Å². The van der Waals surface area contributed by atoms with Gasteiger partial charge in [-0.05, 0) is 36.2 Å². The van der Waals surface area contributed by atoms with Gasteiger partial charge in [0.1, 0.15) is 11.5 Å². The van der Waals surface area contributed by atoms with Crippen molar-refractivity contribution in [3.63, 3.8) is 0 Å². The molecule has 0 aliphatic carbocycles. The fourth-order valence-electron chi connectivity index (χ4n) is 1.49. The van der Waals surface area contributed by atoms with Gasteiger partial charge in [0.15, 0.2) is 0 Å². The molecule has 1 atom stereocenters. The SMILES string of the molecule is CCC(O)c1ccccc1.COc1ccc(O)cc1. The van der Waals surface area contributed by atoms with Crippen molar-refractivity contribution in [1.82, 2.24) is 0 Å². The fourth-order valence-corrected chi connectivity index (χ4v) is 1.49. The van der Waals surface area contributed by atoms with Gasteiger partial charge in [-0.2, -0.15) is 0 Å². The Labute approximate surface area is 114 Å². The first-order valence-electron chi connectivity index (χ1n) is 6.23. The second-order valence-corrected chi connectivity index (χ2v) is 4.03. The molecule has 0 radical (unpaired) electrons. The zero-order valence-corrected chi connectivity index (χ0v) is 11.3. The van der Waals surface area contributed by atoms with E-state index in [9.17, 15) is 5.11 Å². The zero-order valence-electron chi connectivity index (χ0n) is 11.3. The van der Waals surface area contributed by atoms with Crippen molar-refractivity contribution in [1.29, 1.82) is 0 Å². The van der Waals surface area contributed by atoms with Crippen LogP contribution >= 0.6 is 0 Å². The Morgan fingerprint density at radius 1 is 1.00 bits per heavy atom. The molecule has 1 unspecified atom stereocenters. The number of hydrogen-bond acceptors (Lipinski definition) is 3. The summed E-state index contributed by atoms with van der Waals surface area (Å²) in [4.78, 5) is 0. The molecule has 0 aliphatic rings. The van der Waals surface area contributed by atoms with Gasteiger partial charge in [0.05, 0.1) is 13.2 Å². The third-order valence-electron chi connectivity index (χ3n) is 2.64. The highest BCUT2D eigenvalue weighted by Crippen LogP contribution is 2.15. The Hall–Kier alpha value is -2.00. The Bertz CT molecular complexity index is 451. The van der Waals surface area contributed by atoms with E-state index in [1.54, 1.807) is 31.4 Å². The molecular weight excluding hydrogens is 240 g/mol. The molecule has 0 spiro atoms. The largest absolute Gasteiger partial charge is 0.508 e. The second-order valence-electron chi connectivity index (χ2n) is 4.03. The standard InChI is InChI=1S/C9H12O.C7H8O2/c1-2-9(10)8-6-4-3-5-7-8;1-9-7-4-2-6(8)3-5-7/h3-7,9-10H,2H2,1H3;2-5,8H,1H3. The molecule has 2 aromatic rings. The van der Waals surface area contributed by atoms with Crippen LogP contribution in [0.1, 0.15) is 25.0 Å². The minimum atomic E-state index is -0.291. The average molecular weight is 260 g/mol. The summed E-state index contributed by atoms with van der Waals surface area (Å²) in [6.45, 7) is 1.97. The first kappa shape index (κ1) is 15.1. The average Bonchev–Trinajstić information content (AvgIpc) is 2.49. The Morgan fingerprint density at radius 2 is 1.58 bits per heavy atom. The number of benzene rings is 2. The number of aliphatic hydroxyl groups is 1. The number of phenols is 1. The lowest BCUT2D eigenvalue weighted by atomic mass is 10.1. The van der Waals surface area contributed by atoms with Gasteiger partial charge in [0.2, 0.25) is 0 Å². The van der Waals surface area contributed by atoms with E-state index in [0.717, 1.165) is 17.7 Å². The van der Waals surface area contributed by atoms with Crippen molar-refractivity contribution >= 4 is 0 Å². The summed E-state index contributed by atoms with van der Waals surface area (Å²) in [5.74, 6) is 1.02. The molecular formula is C16H20O3. The van der Waals surface area contributed by atoms with Gasteiger partial charge in [-0.3, -0.25) is 0 Å².